The van der Waals surface area contributed by atoms with Crippen LogP contribution in [0.3, 0.4) is 0 Å². The first-order valence-corrected chi connectivity index (χ1v) is 5.87. The van der Waals surface area contributed by atoms with Gasteiger partial charge in [-0.1, -0.05) is 12.1 Å². The van der Waals surface area contributed by atoms with E-state index in [2.05, 4.69) is 17.1 Å². The molecule has 0 spiro atoms. The van der Waals surface area contributed by atoms with Crippen LogP contribution in [0.5, 0.6) is 0 Å². The van der Waals surface area contributed by atoms with Crippen molar-refractivity contribution in [3.63, 3.8) is 0 Å². The van der Waals surface area contributed by atoms with Crippen molar-refractivity contribution in [1.29, 1.82) is 0 Å². The Kier molecular flexibility index (Phi) is 5.37. The second-order valence-corrected chi connectivity index (χ2v) is 4.50. The third kappa shape index (κ3) is 3.41. The van der Waals surface area contributed by atoms with Crippen LogP contribution in [0.25, 0.3) is 0 Å². The third-order valence-corrected chi connectivity index (χ3v) is 3.51. The number of nitrogens with zero attached hydrogens (tertiary/aromatic N) is 1. The number of nitrogens with one attached hydrogen (secondary N) is 1. The van der Waals surface area contributed by atoms with E-state index in [0.717, 1.165) is 18.7 Å². The van der Waals surface area contributed by atoms with Crippen molar-refractivity contribution in [2.75, 3.05) is 20.1 Å². The van der Waals surface area contributed by atoms with E-state index in [4.69, 9.17) is 0 Å². The number of hydrogen-bond donors (Lipinski definition) is 1. The lowest BCUT2D eigenvalue weighted by molar-refractivity contribution is 0.256. The average molecular weight is 259 g/mol. The van der Waals surface area contributed by atoms with E-state index < -0.39 is 0 Å². The summed E-state index contributed by atoms with van der Waals surface area (Å²) in [6, 6.07) is 7.80. The van der Waals surface area contributed by atoms with Crippen LogP contribution < -0.4 is 5.32 Å². The Morgan fingerprint density at radius 1 is 1.47 bits per heavy atom. The van der Waals surface area contributed by atoms with Crippen molar-refractivity contribution < 1.29 is 4.39 Å². The SMILES string of the molecule is CNC1CCN(C(C)c2cccc(F)c2)C1.Cl. The molecule has 96 valence electrons. The maximum Gasteiger partial charge on any atom is 0.123 e. The van der Waals surface area contributed by atoms with Gasteiger partial charge >= 0.3 is 0 Å². The molecule has 1 fully saturated rings. The molecule has 1 N–H and O–H groups in total. The van der Waals surface area contributed by atoms with Crippen LogP contribution >= 0.6 is 12.4 Å². The van der Waals surface area contributed by atoms with Gasteiger partial charge < -0.3 is 5.32 Å². The molecule has 1 aliphatic heterocycles. The zero-order valence-corrected chi connectivity index (χ0v) is 11.1. The lowest BCUT2D eigenvalue weighted by Crippen LogP contribution is -2.31. The predicted molar refractivity (Wildman–Crippen MR) is 71.1 cm³/mol. The maximum absolute atomic E-state index is 13.1. The van der Waals surface area contributed by atoms with E-state index in [1.54, 1.807) is 12.1 Å². The summed E-state index contributed by atoms with van der Waals surface area (Å²) < 4.78 is 13.1. The molecule has 0 aliphatic carbocycles. The van der Waals surface area contributed by atoms with Gasteiger partial charge in [0, 0.05) is 25.2 Å². The molecule has 2 rings (SSSR count). The molecule has 1 aliphatic rings. The molecule has 0 saturated carbocycles. The van der Waals surface area contributed by atoms with Crippen molar-refractivity contribution >= 4 is 12.4 Å². The van der Waals surface area contributed by atoms with Crippen LogP contribution in [0.1, 0.15) is 24.9 Å². The summed E-state index contributed by atoms with van der Waals surface area (Å²) in [5.74, 6) is -0.145. The lowest BCUT2D eigenvalue weighted by Gasteiger charge is -2.24. The zero-order chi connectivity index (χ0) is 11.5. The third-order valence-electron chi connectivity index (χ3n) is 3.51. The molecule has 1 aromatic rings. The standard InChI is InChI=1S/C13H19FN2.ClH/c1-10(11-4-3-5-12(14)8-11)16-7-6-13(9-16)15-2;/h3-5,8,10,13,15H,6-7,9H2,1-2H3;1H. The Morgan fingerprint density at radius 2 is 2.24 bits per heavy atom. The smallest absolute Gasteiger partial charge is 0.123 e. The van der Waals surface area contributed by atoms with Gasteiger partial charge in [0.25, 0.3) is 0 Å². The van der Waals surface area contributed by atoms with Gasteiger partial charge in [-0.05, 0) is 38.1 Å². The average Bonchev–Trinajstić information content (AvgIpc) is 2.76. The number of likely N-dealkylation sites (N-methyl/N-ethyl adjacent to an activating group) is 1. The molecule has 0 aromatic heterocycles. The molecule has 1 aromatic carbocycles. The normalized spacial score (nSPS) is 22.2. The van der Waals surface area contributed by atoms with Gasteiger partial charge in [-0.15, -0.1) is 12.4 Å². The second kappa shape index (κ2) is 6.34. The van der Waals surface area contributed by atoms with Crippen molar-refractivity contribution in [1.82, 2.24) is 10.2 Å². The minimum Gasteiger partial charge on any atom is -0.316 e. The van der Waals surface area contributed by atoms with Gasteiger partial charge in [0.2, 0.25) is 0 Å². The Hall–Kier alpha value is -0.640. The van der Waals surface area contributed by atoms with E-state index in [9.17, 15) is 4.39 Å². The first kappa shape index (κ1) is 14.4. The summed E-state index contributed by atoms with van der Waals surface area (Å²) in [4.78, 5) is 2.40. The molecule has 0 amide bonds. The van der Waals surface area contributed by atoms with Crippen LogP contribution in [-0.4, -0.2) is 31.1 Å². The number of rotatable bonds is 3. The van der Waals surface area contributed by atoms with Crippen LogP contribution in [0.4, 0.5) is 4.39 Å². The molecule has 0 bridgehead atoms. The fraction of sp³-hybridized carbons (Fsp3) is 0.538. The minimum absolute atomic E-state index is 0. The van der Waals surface area contributed by atoms with Crippen LogP contribution in [-0.2, 0) is 0 Å². The van der Waals surface area contributed by atoms with E-state index in [-0.39, 0.29) is 18.2 Å². The Morgan fingerprint density at radius 3 is 2.82 bits per heavy atom. The molecule has 1 heterocycles. The van der Waals surface area contributed by atoms with E-state index in [0.29, 0.717) is 12.1 Å². The first-order chi connectivity index (χ1) is 7.70. The van der Waals surface area contributed by atoms with Gasteiger partial charge in [0.05, 0.1) is 0 Å². The van der Waals surface area contributed by atoms with Gasteiger partial charge in [-0.3, -0.25) is 4.90 Å². The van der Waals surface area contributed by atoms with Crippen LogP contribution in [0.15, 0.2) is 24.3 Å². The van der Waals surface area contributed by atoms with E-state index in [1.165, 1.54) is 12.5 Å². The highest BCUT2D eigenvalue weighted by Gasteiger charge is 2.25. The molecule has 17 heavy (non-hydrogen) atoms. The van der Waals surface area contributed by atoms with Crippen molar-refractivity contribution in [2.45, 2.75) is 25.4 Å². The molecule has 4 heteroatoms. The maximum atomic E-state index is 13.1. The van der Waals surface area contributed by atoms with Gasteiger partial charge in [0.1, 0.15) is 5.82 Å². The molecule has 1 saturated heterocycles. The van der Waals surface area contributed by atoms with Gasteiger partial charge in [-0.25, -0.2) is 4.39 Å². The number of hydrogen-bond acceptors (Lipinski definition) is 2. The minimum atomic E-state index is -0.145. The summed E-state index contributed by atoms with van der Waals surface area (Å²) >= 11 is 0. The van der Waals surface area contributed by atoms with Crippen molar-refractivity contribution in [2.24, 2.45) is 0 Å². The highest BCUT2D eigenvalue weighted by molar-refractivity contribution is 5.85. The Balaban J connectivity index is 0.00000144. The van der Waals surface area contributed by atoms with Crippen molar-refractivity contribution in [3.8, 4) is 0 Å². The predicted octanol–water partition coefficient (Wildman–Crippen LogP) is 2.60. The topological polar surface area (TPSA) is 15.3 Å². The monoisotopic (exact) mass is 258 g/mol. The van der Waals surface area contributed by atoms with Crippen LogP contribution in [0.2, 0.25) is 0 Å². The number of halogens is 2. The summed E-state index contributed by atoms with van der Waals surface area (Å²) in [5.41, 5.74) is 1.07. The molecule has 2 nitrogen and oxygen atoms in total. The van der Waals surface area contributed by atoms with Gasteiger partial charge in [-0.2, -0.15) is 0 Å². The molecule has 2 atom stereocenters. The summed E-state index contributed by atoms with van der Waals surface area (Å²) in [7, 11) is 2.00. The quantitative estimate of drug-likeness (QED) is 0.897. The van der Waals surface area contributed by atoms with Crippen LogP contribution in [0, 0.1) is 5.82 Å². The second-order valence-electron chi connectivity index (χ2n) is 4.50. The van der Waals surface area contributed by atoms with E-state index in [1.807, 2.05) is 13.1 Å². The summed E-state index contributed by atoms with van der Waals surface area (Å²) in [6.07, 6.45) is 1.18. The molecular weight excluding hydrogens is 239 g/mol. The van der Waals surface area contributed by atoms with Crippen molar-refractivity contribution in [3.05, 3.63) is 35.6 Å². The Bertz CT molecular complexity index is 359. The highest BCUT2D eigenvalue weighted by atomic mass is 35.5. The highest BCUT2D eigenvalue weighted by Crippen LogP contribution is 2.24. The molecule has 0 radical (unpaired) electrons. The lowest BCUT2D eigenvalue weighted by atomic mass is 10.1. The fourth-order valence-electron chi connectivity index (χ4n) is 2.35. The number of likely N-dealkylation sites (tertiary alicyclic amines) is 1. The molecular formula is C13H20ClFN2. The number of benzene rings is 1. The molecule has 2 unspecified atom stereocenters. The van der Waals surface area contributed by atoms with E-state index >= 15 is 0 Å². The largest absolute Gasteiger partial charge is 0.316 e. The first-order valence-electron chi connectivity index (χ1n) is 5.87. The Labute approximate surface area is 109 Å². The summed E-state index contributed by atoms with van der Waals surface area (Å²) in [5, 5.41) is 3.30. The van der Waals surface area contributed by atoms with Gasteiger partial charge in [0.15, 0.2) is 0 Å². The zero-order valence-electron chi connectivity index (χ0n) is 10.3. The summed E-state index contributed by atoms with van der Waals surface area (Å²) in [6.45, 7) is 4.28. The fourth-order valence-corrected chi connectivity index (χ4v) is 2.35.